The summed E-state index contributed by atoms with van der Waals surface area (Å²) in [6.07, 6.45) is 0.207. The Morgan fingerprint density at radius 2 is 1.77 bits per heavy atom. The number of hydrogen-bond donors (Lipinski definition) is 4. The maximum Gasteiger partial charge on any atom is 0.408 e. The second kappa shape index (κ2) is 12.5. The number of carbonyl (C=O) groups is 4. The number of carbonyl (C=O) groups excluding carboxylic acids is 4. The van der Waals surface area contributed by atoms with Crippen LogP contribution in [0.4, 0.5) is 10.5 Å². The Kier molecular flexibility index (Phi) is 9.39. The predicted molar refractivity (Wildman–Crippen MR) is 144 cm³/mol. The van der Waals surface area contributed by atoms with E-state index in [-0.39, 0.29) is 24.6 Å². The highest BCUT2D eigenvalue weighted by Gasteiger charge is 2.44. The van der Waals surface area contributed by atoms with Crippen molar-refractivity contribution in [2.24, 2.45) is 5.73 Å². The first-order valence-electron chi connectivity index (χ1n) is 12.7. The van der Waals surface area contributed by atoms with E-state index in [1.54, 1.807) is 57.2 Å². The van der Waals surface area contributed by atoms with E-state index in [0.717, 1.165) is 0 Å². The van der Waals surface area contributed by atoms with Crippen LogP contribution in [-0.4, -0.2) is 58.6 Å². The third-order valence-corrected chi connectivity index (χ3v) is 5.93. The number of hydrogen-bond acceptors (Lipinski definition) is 7. The van der Waals surface area contributed by atoms with Gasteiger partial charge in [0.15, 0.2) is 0 Å². The van der Waals surface area contributed by atoms with E-state index in [1.165, 1.54) is 24.1 Å². The molecule has 2 unspecified atom stereocenters. The molecule has 1 aliphatic carbocycles. The summed E-state index contributed by atoms with van der Waals surface area (Å²) in [5.41, 5.74) is 5.38. The van der Waals surface area contributed by atoms with Crippen molar-refractivity contribution in [1.82, 2.24) is 10.2 Å². The third kappa shape index (κ3) is 8.62. The number of alkyl carbamates (subject to hydrolysis) is 1. The topological polar surface area (TPSA) is 160 Å². The lowest BCUT2D eigenvalue weighted by Gasteiger charge is -2.34. The Morgan fingerprint density at radius 3 is 2.31 bits per heavy atom. The van der Waals surface area contributed by atoms with Gasteiger partial charge in [-0.3, -0.25) is 14.4 Å². The number of methoxy groups -OCH3 is 1. The molecule has 1 aliphatic rings. The summed E-state index contributed by atoms with van der Waals surface area (Å²) in [5.74, 6) is -1.19. The van der Waals surface area contributed by atoms with Crippen molar-refractivity contribution in [2.75, 3.05) is 12.4 Å². The average Bonchev–Trinajstić information content (AvgIpc) is 3.69. The van der Waals surface area contributed by atoms with Crippen molar-refractivity contribution < 1.29 is 33.8 Å². The molecule has 0 bridgehead atoms. The zero-order chi connectivity index (χ0) is 28.7. The maximum absolute atomic E-state index is 14.0. The van der Waals surface area contributed by atoms with E-state index in [4.69, 9.17) is 15.2 Å². The highest BCUT2D eigenvalue weighted by molar-refractivity contribution is 5.99. The molecule has 39 heavy (non-hydrogen) atoms. The standard InChI is InChI=1S/C28H36N4O7/c1-28(2,3)39-27(37)31-22(14-15-23(29)34)26(36)32(19-10-11-19)24(17-6-5-7-20(33)16-17)25(35)30-18-8-12-21(38-4)13-9-18/h5-9,12-13,16,19,22,24,33H,10-11,14-15H2,1-4H3,(H2,29,34)(H,30,35)(H,31,37). The summed E-state index contributed by atoms with van der Waals surface area (Å²) in [4.78, 5) is 53.3. The van der Waals surface area contributed by atoms with Gasteiger partial charge in [-0.05, 0) is 82.0 Å². The Bertz CT molecular complexity index is 1190. The van der Waals surface area contributed by atoms with Gasteiger partial charge in [-0.1, -0.05) is 12.1 Å². The predicted octanol–water partition coefficient (Wildman–Crippen LogP) is 3.23. The van der Waals surface area contributed by atoms with Gasteiger partial charge in [-0.25, -0.2) is 4.79 Å². The number of phenolic OH excluding ortho intramolecular Hbond substituents is 1. The number of benzene rings is 2. The summed E-state index contributed by atoms with van der Waals surface area (Å²) in [6.45, 7) is 5.06. The zero-order valence-corrected chi connectivity index (χ0v) is 22.6. The molecule has 0 spiro atoms. The molecule has 0 saturated heterocycles. The number of amides is 4. The number of ether oxygens (including phenoxy) is 2. The molecule has 1 saturated carbocycles. The molecule has 2 aromatic rings. The normalized spacial score (nSPS) is 14.5. The Morgan fingerprint density at radius 1 is 1.10 bits per heavy atom. The third-order valence-electron chi connectivity index (χ3n) is 5.93. The summed E-state index contributed by atoms with van der Waals surface area (Å²) in [5, 5.41) is 15.6. The van der Waals surface area contributed by atoms with Crippen LogP contribution in [-0.2, 0) is 19.1 Å². The molecule has 210 valence electrons. The Hall–Kier alpha value is -4.28. The summed E-state index contributed by atoms with van der Waals surface area (Å²) < 4.78 is 10.5. The van der Waals surface area contributed by atoms with E-state index >= 15 is 0 Å². The Labute approximate surface area is 227 Å². The number of nitrogens with two attached hydrogens (primary N) is 1. The van der Waals surface area contributed by atoms with Crippen molar-refractivity contribution in [1.29, 1.82) is 0 Å². The summed E-state index contributed by atoms with van der Waals surface area (Å²) >= 11 is 0. The number of anilines is 1. The fourth-order valence-corrected chi connectivity index (χ4v) is 4.06. The minimum absolute atomic E-state index is 0.0740. The molecule has 3 rings (SSSR count). The molecule has 2 aromatic carbocycles. The quantitative estimate of drug-likeness (QED) is 0.340. The lowest BCUT2D eigenvalue weighted by Crippen LogP contribution is -2.53. The minimum Gasteiger partial charge on any atom is -0.508 e. The number of primary amides is 1. The number of phenols is 1. The van der Waals surface area contributed by atoms with Gasteiger partial charge in [0.2, 0.25) is 11.8 Å². The van der Waals surface area contributed by atoms with Crippen molar-refractivity contribution in [3.05, 3.63) is 54.1 Å². The average molecular weight is 541 g/mol. The first kappa shape index (κ1) is 29.3. The number of nitrogens with one attached hydrogen (secondary N) is 2. The minimum atomic E-state index is -1.18. The molecule has 0 aromatic heterocycles. The molecule has 11 nitrogen and oxygen atoms in total. The van der Waals surface area contributed by atoms with Gasteiger partial charge in [-0.15, -0.1) is 0 Å². The molecule has 4 amide bonds. The molecule has 0 aliphatic heterocycles. The SMILES string of the molecule is COc1ccc(NC(=O)C(c2cccc(O)c2)N(C(=O)C(CCC(N)=O)NC(=O)OC(C)(C)C)C2CC2)cc1. The summed E-state index contributed by atoms with van der Waals surface area (Å²) in [7, 11) is 1.53. The smallest absolute Gasteiger partial charge is 0.408 e. The van der Waals surface area contributed by atoms with Gasteiger partial charge in [0.1, 0.15) is 29.2 Å². The van der Waals surface area contributed by atoms with Crippen LogP contribution >= 0.6 is 0 Å². The molecule has 0 heterocycles. The van der Waals surface area contributed by atoms with Crippen LogP contribution in [0.25, 0.3) is 0 Å². The van der Waals surface area contributed by atoms with E-state index in [0.29, 0.717) is 29.8 Å². The molecular formula is C28H36N4O7. The molecule has 1 fully saturated rings. The van der Waals surface area contributed by atoms with Gasteiger partial charge >= 0.3 is 6.09 Å². The lowest BCUT2D eigenvalue weighted by atomic mass is 10.0. The van der Waals surface area contributed by atoms with E-state index in [1.807, 2.05) is 0 Å². The lowest BCUT2D eigenvalue weighted by molar-refractivity contribution is -0.141. The van der Waals surface area contributed by atoms with Crippen LogP contribution in [0, 0.1) is 0 Å². The first-order chi connectivity index (χ1) is 18.4. The van der Waals surface area contributed by atoms with E-state index in [9.17, 15) is 24.3 Å². The van der Waals surface area contributed by atoms with Crippen molar-refractivity contribution in [3.8, 4) is 11.5 Å². The second-order valence-corrected chi connectivity index (χ2v) is 10.4. The molecule has 11 heteroatoms. The molecule has 5 N–H and O–H groups in total. The van der Waals surface area contributed by atoms with Crippen molar-refractivity contribution in [3.63, 3.8) is 0 Å². The Balaban J connectivity index is 1.97. The van der Waals surface area contributed by atoms with Crippen LogP contribution in [0.3, 0.4) is 0 Å². The number of nitrogens with zero attached hydrogens (tertiary/aromatic N) is 1. The zero-order valence-electron chi connectivity index (χ0n) is 22.6. The summed E-state index contributed by atoms with van der Waals surface area (Å²) in [6, 6.07) is 10.2. The second-order valence-electron chi connectivity index (χ2n) is 10.4. The van der Waals surface area contributed by atoms with E-state index in [2.05, 4.69) is 10.6 Å². The first-order valence-corrected chi connectivity index (χ1v) is 12.7. The highest BCUT2D eigenvalue weighted by Crippen LogP contribution is 2.37. The fourth-order valence-electron chi connectivity index (χ4n) is 4.06. The van der Waals surface area contributed by atoms with Gasteiger partial charge in [0, 0.05) is 18.2 Å². The fraction of sp³-hybridized carbons (Fsp3) is 0.429. The van der Waals surface area contributed by atoms with Crippen LogP contribution in [0.5, 0.6) is 11.5 Å². The van der Waals surface area contributed by atoms with E-state index < -0.39 is 41.5 Å². The van der Waals surface area contributed by atoms with Crippen molar-refractivity contribution in [2.45, 2.75) is 70.2 Å². The van der Waals surface area contributed by atoms with Crippen LogP contribution in [0.1, 0.15) is 58.1 Å². The maximum atomic E-state index is 14.0. The van der Waals surface area contributed by atoms with Gasteiger partial charge in [-0.2, -0.15) is 0 Å². The largest absolute Gasteiger partial charge is 0.508 e. The van der Waals surface area contributed by atoms with Crippen molar-refractivity contribution >= 4 is 29.5 Å². The van der Waals surface area contributed by atoms with Crippen LogP contribution < -0.4 is 21.1 Å². The number of rotatable bonds is 11. The highest BCUT2D eigenvalue weighted by atomic mass is 16.6. The monoisotopic (exact) mass is 540 g/mol. The molecule has 2 atom stereocenters. The molecule has 0 radical (unpaired) electrons. The van der Waals surface area contributed by atoms with Crippen LogP contribution in [0.15, 0.2) is 48.5 Å². The van der Waals surface area contributed by atoms with Gasteiger partial charge < -0.3 is 35.8 Å². The van der Waals surface area contributed by atoms with Gasteiger partial charge in [0.25, 0.3) is 5.91 Å². The number of aromatic hydroxyl groups is 1. The van der Waals surface area contributed by atoms with Crippen LogP contribution in [0.2, 0.25) is 0 Å². The van der Waals surface area contributed by atoms with Gasteiger partial charge in [0.05, 0.1) is 7.11 Å². The molecular weight excluding hydrogens is 504 g/mol.